The maximum Gasteiger partial charge on any atom is 0.490 e. The lowest BCUT2D eigenvalue weighted by Gasteiger charge is -2.29. The van der Waals surface area contributed by atoms with Crippen molar-refractivity contribution < 1.29 is 42.5 Å². The molecule has 1 heterocycles. The summed E-state index contributed by atoms with van der Waals surface area (Å²) in [4.78, 5) is 36.7. The lowest BCUT2D eigenvalue weighted by Crippen LogP contribution is -2.50. The molecular weight excluding hydrogens is 459 g/mol. The lowest BCUT2D eigenvalue weighted by molar-refractivity contribution is -0.192. The fourth-order valence-electron chi connectivity index (χ4n) is 2.67. The third kappa shape index (κ3) is 15.8. The van der Waals surface area contributed by atoms with E-state index in [9.17, 15) is 27.9 Å². The van der Waals surface area contributed by atoms with Gasteiger partial charge in [-0.15, -0.1) is 0 Å². The summed E-state index contributed by atoms with van der Waals surface area (Å²) in [5.41, 5.74) is 0.210. The topological polar surface area (TPSA) is 138 Å². The van der Waals surface area contributed by atoms with E-state index in [4.69, 9.17) is 14.6 Å². The van der Waals surface area contributed by atoms with Gasteiger partial charge in [-0.05, 0) is 50.7 Å². The Morgan fingerprint density at radius 1 is 1.09 bits per heavy atom. The van der Waals surface area contributed by atoms with Crippen molar-refractivity contribution in [2.75, 3.05) is 6.54 Å². The molecule has 0 saturated carbocycles. The molecular formula is C22H34F3N3O6. The van der Waals surface area contributed by atoms with E-state index >= 15 is 0 Å². The van der Waals surface area contributed by atoms with Gasteiger partial charge in [0.25, 0.3) is 0 Å². The molecule has 0 aromatic carbocycles. The summed E-state index contributed by atoms with van der Waals surface area (Å²) in [5, 5.41) is 22.6. The Kier molecular flexibility index (Phi) is 12.0. The van der Waals surface area contributed by atoms with Crippen molar-refractivity contribution in [1.82, 2.24) is 15.6 Å². The SMILES string of the molecule is CC(C)(C)C[C@@H](CN[C@@H](Cc1cccnc1)C(=O)O)NC(=O)OC(C)(C)C.O=C(O)C(F)(F)F. The van der Waals surface area contributed by atoms with Crippen molar-refractivity contribution in [2.45, 2.75) is 78.2 Å². The van der Waals surface area contributed by atoms with E-state index in [0.717, 1.165) is 5.56 Å². The van der Waals surface area contributed by atoms with Gasteiger partial charge in [0.2, 0.25) is 0 Å². The summed E-state index contributed by atoms with van der Waals surface area (Å²) in [6, 6.07) is 2.60. The number of pyridine rings is 1. The fourth-order valence-corrected chi connectivity index (χ4v) is 2.67. The maximum atomic E-state index is 12.1. The lowest BCUT2D eigenvalue weighted by atomic mass is 9.88. The molecule has 0 bridgehead atoms. The van der Waals surface area contributed by atoms with Crippen LogP contribution in [0.2, 0.25) is 0 Å². The molecule has 1 amide bonds. The number of nitrogens with one attached hydrogen (secondary N) is 2. The van der Waals surface area contributed by atoms with Crippen LogP contribution < -0.4 is 10.6 Å². The van der Waals surface area contributed by atoms with E-state index in [1.54, 1.807) is 39.2 Å². The minimum atomic E-state index is -5.08. The Morgan fingerprint density at radius 3 is 2.03 bits per heavy atom. The van der Waals surface area contributed by atoms with Crippen molar-refractivity contribution in [1.29, 1.82) is 0 Å². The third-order valence-electron chi connectivity index (χ3n) is 3.89. The molecule has 0 unspecified atom stereocenters. The molecule has 1 rings (SSSR count). The number of carboxylic acid groups (broad SMARTS) is 2. The first kappa shape index (κ1) is 31.1. The Balaban J connectivity index is 0.00000135. The van der Waals surface area contributed by atoms with Gasteiger partial charge >= 0.3 is 24.2 Å². The molecule has 0 fully saturated rings. The van der Waals surface area contributed by atoms with Gasteiger partial charge in [-0.1, -0.05) is 26.8 Å². The van der Waals surface area contributed by atoms with E-state index in [1.165, 1.54) is 0 Å². The van der Waals surface area contributed by atoms with Crippen LogP contribution in [0.4, 0.5) is 18.0 Å². The second kappa shape index (κ2) is 13.1. The van der Waals surface area contributed by atoms with E-state index in [2.05, 4.69) is 36.4 Å². The number of alkyl halides is 3. The predicted molar refractivity (Wildman–Crippen MR) is 118 cm³/mol. The minimum absolute atomic E-state index is 0.0383. The first-order valence-corrected chi connectivity index (χ1v) is 10.4. The van der Waals surface area contributed by atoms with Crippen molar-refractivity contribution >= 4 is 18.0 Å². The molecule has 0 aliphatic heterocycles. The van der Waals surface area contributed by atoms with Crippen LogP contribution in [0.15, 0.2) is 24.5 Å². The zero-order valence-electron chi connectivity index (χ0n) is 20.2. The highest BCUT2D eigenvalue weighted by Gasteiger charge is 2.38. The van der Waals surface area contributed by atoms with Crippen LogP contribution in [0.1, 0.15) is 53.5 Å². The van der Waals surface area contributed by atoms with Gasteiger partial charge in [-0.3, -0.25) is 9.78 Å². The zero-order valence-corrected chi connectivity index (χ0v) is 20.2. The van der Waals surface area contributed by atoms with Crippen LogP contribution in [-0.4, -0.2) is 63.6 Å². The van der Waals surface area contributed by atoms with Gasteiger partial charge in [0.15, 0.2) is 0 Å². The molecule has 1 aromatic heterocycles. The summed E-state index contributed by atoms with van der Waals surface area (Å²) in [6.45, 7) is 11.9. The maximum absolute atomic E-state index is 12.1. The Hall–Kier alpha value is -2.89. The molecule has 12 heteroatoms. The molecule has 0 aliphatic rings. The number of amides is 1. The molecule has 194 valence electrons. The summed E-state index contributed by atoms with van der Waals surface area (Å²) < 4.78 is 37.1. The number of alkyl carbamates (subject to hydrolysis) is 1. The van der Waals surface area contributed by atoms with Crippen LogP contribution in [-0.2, 0) is 20.7 Å². The average molecular weight is 494 g/mol. The van der Waals surface area contributed by atoms with Gasteiger partial charge in [-0.2, -0.15) is 13.2 Å². The van der Waals surface area contributed by atoms with Crippen molar-refractivity contribution in [2.24, 2.45) is 5.41 Å². The van der Waals surface area contributed by atoms with Gasteiger partial charge < -0.3 is 25.6 Å². The largest absolute Gasteiger partial charge is 0.490 e. The summed E-state index contributed by atoms with van der Waals surface area (Å²) in [7, 11) is 0. The van der Waals surface area contributed by atoms with Crippen LogP contribution in [0.5, 0.6) is 0 Å². The number of aliphatic carboxylic acids is 2. The fraction of sp³-hybridized carbons (Fsp3) is 0.636. The standard InChI is InChI=1S/C20H33N3O4.C2HF3O2/c1-19(2,3)11-15(23-18(26)27-20(4,5)6)13-22-16(17(24)25)10-14-8-7-9-21-12-14;3-2(4,5)1(6)7/h7-9,12,15-16,22H,10-11,13H2,1-6H3,(H,23,26)(H,24,25);(H,6,7)/t15-,16-;/m0./s1. The second-order valence-electron chi connectivity index (χ2n) is 9.78. The average Bonchev–Trinajstić information content (AvgIpc) is 2.62. The molecule has 1 aromatic rings. The van der Waals surface area contributed by atoms with Crippen molar-refractivity contribution in [3.8, 4) is 0 Å². The van der Waals surface area contributed by atoms with Crippen LogP contribution in [0.25, 0.3) is 0 Å². The van der Waals surface area contributed by atoms with E-state index in [0.29, 0.717) is 19.4 Å². The Labute approximate surface area is 197 Å². The number of carboxylic acids is 2. The molecule has 0 saturated heterocycles. The van der Waals surface area contributed by atoms with Crippen molar-refractivity contribution in [3.63, 3.8) is 0 Å². The van der Waals surface area contributed by atoms with E-state index < -0.39 is 35.9 Å². The first-order chi connectivity index (χ1) is 15.3. The number of aromatic nitrogens is 1. The number of hydrogen-bond donors (Lipinski definition) is 4. The molecule has 34 heavy (non-hydrogen) atoms. The number of ether oxygens (including phenoxy) is 1. The van der Waals surface area contributed by atoms with Gasteiger partial charge in [0.05, 0.1) is 0 Å². The van der Waals surface area contributed by atoms with Crippen LogP contribution in [0, 0.1) is 5.41 Å². The third-order valence-corrected chi connectivity index (χ3v) is 3.89. The summed E-state index contributed by atoms with van der Waals surface area (Å²) in [6.07, 6.45) is -1.28. The molecule has 0 spiro atoms. The Bertz CT molecular complexity index is 790. The summed E-state index contributed by atoms with van der Waals surface area (Å²) in [5.74, 6) is -3.70. The number of nitrogens with zero attached hydrogens (tertiary/aromatic N) is 1. The highest BCUT2D eigenvalue weighted by Crippen LogP contribution is 2.21. The van der Waals surface area contributed by atoms with Gasteiger partial charge in [0.1, 0.15) is 11.6 Å². The highest BCUT2D eigenvalue weighted by atomic mass is 19.4. The smallest absolute Gasteiger partial charge is 0.480 e. The number of rotatable bonds is 8. The molecule has 0 aliphatic carbocycles. The molecule has 0 radical (unpaired) electrons. The van der Waals surface area contributed by atoms with Crippen molar-refractivity contribution in [3.05, 3.63) is 30.1 Å². The Morgan fingerprint density at radius 2 is 1.65 bits per heavy atom. The highest BCUT2D eigenvalue weighted by molar-refractivity contribution is 5.74. The van der Waals surface area contributed by atoms with Gasteiger partial charge in [-0.25, -0.2) is 9.59 Å². The molecule has 9 nitrogen and oxygen atoms in total. The van der Waals surface area contributed by atoms with E-state index in [-0.39, 0.29) is 11.5 Å². The van der Waals surface area contributed by atoms with E-state index in [1.807, 2.05) is 6.07 Å². The zero-order chi connectivity index (χ0) is 26.7. The number of carbonyl (C=O) groups is 3. The predicted octanol–water partition coefficient (Wildman–Crippen LogP) is 3.63. The monoisotopic (exact) mass is 493 g/mol. The second-order valence-corrected chi connectivity index (χ2v) is 9.78. The van der Waals surface area contributed by atoms with Crippen LogP contribution >= 0.6 is 0 Å². The molecule has 2 atom stereocenters. The minimum Gasteiger partial charge on any atom is -0.480 e. The summed E-state index contributed by atoms with van der Waals surface area (Å²) >= 11 is 0. The quantitative estimate of drug-likeness (QED) is 0.431. The number of hydrogen-bond acceptors (Lipinski definition) is 6. The first-order valence-electron chi connectivity index (χ1n) is 10.4. The van der Waals surface area contributed by atoms with Gasteiger partial charge in [0, 0.05) is 25.0 Å². The normalized spacial score (nSPS) is 13.7. The number of halogens is 3. The molecule has 4 N–H and O–H groups in total. The van der Waals surface area contributed by atoms with Crippen LogP contribution in [0.3, 0.4) is 0 Å². The number of carbonyl (C=O) groups excluding carboxylic acids is 1.